The number of rotatable bonds is 8. The second-order valence-corrected chi connectivity index (χ2v) is 9.60. The highest BCUT2D eigenvalue weighted by Gasteiger charge is 2.49. The van der Waals surface area contributed by atoms with E-state index < -0.39 is 54.3 Å². The van der Waals surface area contributed by atoms with Crippen molar-refractivity contribution in [2.24, 2.45) is 0 Å². The molecule has 0 saturated carbocycles. The van der Waals surface area contributed by atoms with Gasteiger partial charge in [-0.25, -0.2) is 14.4 Å². The number of carbonyl (C=O) groups is 2. The second-order valence-electron chi connectivity index (χ2n) is 8.84. The molecule has 18 heteroatoms. The number of H-pyrrole nitrogens is 1. The molecule has 0 radical (unpaired) electrons. The molecular weight excluding hydrogens is 560 g/mol. The third-order valence-corrected chi connectivity index (χ3v) is 6.59. The van der Waals surface area contributed by atoms with Gasteiger partial charge in [0.1, 0.15) is 28.5 Å². The predicted molar refractivity (Wildman–Crippen MR) is 124 cm³/mol. The maximum atomic E-state index is 13.5. The highest BCUT2D eigenvalue weighted by molar-refractivity contribution is 7.81. The van der Waals surface area contributed by atoms with Gasteiger partial charge < -0.3 is 25.3 Å². The van der Waals surface area contributed by atoms with E-state index in [0.717, 1.165) is 12.0 Å². The first-order valence-electron chi connectivity index (χ1n) is 11.1. The number of fused-ring (bicyclic) bond motifs is 1. The smallest absolute Gasteiger partial charge is 0.365 e. The van der Waals surface area contributed by atoms with E-state index in [1.807, 2.05) is 5.32 Å². The zero-order valence-corrected chi connectivity index (χ0v) is 21.0. The average molecular weight is 581 g/mol. The van der Waals surface area contributed by atoms with Gasteiger partial charge in [-0.3, -0.25) is 4.79 Å². The first-order chi connectivity index (χ1) is 18.1. The van der Waals surface area contributed by atoms with Crippen molar-refractivity contribution in [1.29, 1.82) is 0 Å². The van der Waals surface area contributed by atoms with E-state index in [1.54, 1.807) is 0 Å². The van der Waals surface area contributed by atoms with Crippen LogP contribution in [0.5, 0.6) is 0 Å². The van der Waals surface area contributed by atoms with Crippen LogP contribution in [0.1, 0.15) is 40.0 Å². The lowest BCUT2D eigenvalue weighted by Gasteiger charge is -2.35. The Hall–Kier alpha value is -3.54. The van der Waals surface area contributed by atoms with Crippen LogP contribution in [0.3, 0.4) is 0 Å². The van der Waals surface area contributed by atoms with Crippen LogP contribution < -0.4 is 10.6 Å². The van der Waals surface area contributed by atoms with Crippen LogP contribution >= 0.6 is 12.6 Å². The minimum atomic E-state index is -4.75. The van der Waals surface area contributed by atoms with Crippen LogP contribution in [0.15, 0.2) is 22.8 Å². The van der Waals surface area contributed by atoms with Crippen molar-refractivity contribution in [3.8, 4) is 0 Å². The Balaban J connectivity index is 1.65. The number of imidazole rings is 1. The molecule has 3 amide bonds. The number of nitrogens with one attached hydrogen (secondary N) is 3. The lowest BCUT2D eigenvalue weighted by molar-refractivity contribution is -0.168. The molecule has 3 heterocycles. The summed E-state index contributed by atoms with van der Waals surface area (Å²) >= 11 is 4.12. The summed E-state index contributed by atoms with van der Waals surface area (Å²) in [5.41, 5.74) is 0.743. The zero-order chi connectivity index (χ0) is 28.8. The molecule has 2 aromatic heterocycles. The number of aromatic nitrogens is 4. The van der Waals surface area contributed by atoms with E-state index in [0.29, 0.717) is 5.56 Å². The molecule has 1 fully saturated rings. The van der Waals surface area contributed by atoms with Crippen molar-refractivity contribution in [3.05, 3.63) is 41.0 Å². The summed E-state index contributed by atoms with van der Waals surface area (Å²) in [6.45, 7) is 0.636. The first-order valence-corrected chi connectivity index (χ1v) is 11.6. The summed E-state index contributed by atoms with van der Waals surface area (Å²) in [6, 6.07) is -0.0764. The Bertz CT molecular complexity index is 1380. The van der Waals surface area contributed by atoms with Gasteiger partial charge in [-0.15, -0.1) is 12.6 Å². The van der Waals surface area contributed by atoms with Gasteiger partial charge in [-0.05, 0) is 29.8 Å². The van der Waals surface area contributed by atoms with Gasteiger partial charge >= 0.3 is 18.4 Å². The molecule has 1 saturated heterocycles. The number of aromatic amines is 1. The van der Waals surface area contributed by atoms with Gasteiger partial charge in [-0.1, -0.05) is 11.2 Å². The number of thiol groups is 1. The molecule has 0 bridgehead atoms. The lowest BCUT2D eigenvalue weighted by Crippen LogP contribution is -2.47. The number of benzene rings is 1. The predicted octanol–water partition coefficient (Wildman–Crippen LogP) is 3.41. The first kappa shape index (κ1) is 28.5. The van der Waals surface area contributed by atoms with E-state index in [4.69, 9.17) is 4.74 Å². The number of halogens is 6. The van der Waals surface area contributed by atoms with Crippen LogP contribution in [0.4, 0.5) is 31.1 Å². The summed E-state index contributed by atoms with van der Waals surface area (Å²) in [5.74, 6) is -1.10. The van der Waals surface area contributed by atoms with Crippen LogP contribution in [0.2, 0.25) is 0 Å². The van der Waals surface area contributed by atoms with Crippen molar-refractivity contribution in [2.75, 3.05) is 13.7 Å². The van der Waals surface area contributed by atoms with Gasteiger partial charge in [0.05, 0.1) is 24.0 Å². The summed E-state index contributed by atoms with van der Waals surface area (Å²) in [4.78, 5) is 30.5. The molecule has 0 unspecified atom stereocenters. The summed E-state index contributed by atoms with van der Waals surface area (Å²) < 4.78 is 88.9. The molecule has 39 heavy (non-hydrogen) atoms. The number of alkyl halides is 6. The minimum absolute atomic E-state index is 0.0808. The van der Waals surface area contributed by atoms with Gasteiger partial charge in [0.25, 0.3) is 5.91 Å². The number of carbonyl (C=O) groups excluding carboxylic acids is 2. The fourth-order valence-corrected chi connectivity index (χ4v) is 4.42. The Kier molecular flexibility index (Phi) is 7.46. The fourth-order valence-electron chi connectivity index (χ4n) is 4.05. The van der Waals surface area contributed by atoms with E-state index in [9.17, 15) is 35.9 Å². The van der Waals surface area contributed by atoms with Gasteiger partial charge in [0, 0.05) is 13.7 Å². The van der Waals surface area contributed by atoms with Gasteiger partial charge in [0.15, 0.2) is 5.69 Å². The SMILES string of the molecule is CO[C@@](S)(CC(F)(F)F)[C@H](NC(=O)c1nonc1C)c1nc2ccc(CN3C[C@@H](C(F)(F)F)NC3=O)cc2[nH]1. The standard InChI is InChI=1S/C21H21F6N7O4S/c1-9-14(33-38-32-9)17(35)31-15(19(39,37-2)8-20(22,23)24)16-28-11-4-3-10(5-12(11)29-16)6-34-7-13(21(25,26)27)30-18(34)36/h3-5,13,15,39H,6-8H2,1-2H3,(H,28,29)(H,30,36)(H,31,35)/t13-,15+,19+/m0/s1. The topological polar surface area (TPSA) is 138 Å². The quantitative estimate of drug-likeness (QED) is 0.182. The Morgan fingerprint density at radius 2 is 2.00 bits per heavy atom. The van der Waals surface area contributed by atoms with Crippen molar-refractivity contribution < 1.29 is 45.3 Å². The third kappa shape index (κ3) is 6.21. The number of ether oxygens (including phenoxy) is 1. The molecule has 3 atom stereocenters. The molecule has 3 N–H and O–H groups in total. The van der Waals surface area contributed by atoms with Crippen molar-refractivity contribution in [3.63, 3.8) is 0 Å². The maximum absolute atomic E-state index is 13.5. The molecule has 3 aromatic rings. The Labute approximate surface area is 221 Å². The molecule has 0 spiro atoms. The number of urea groups is 1. The normalized spacial score (nSPS) is 18.7. The average Bonchev–Trinajstić information content (AvgIpc) is 3.54. The Morgan fingerprint density at radius 1 is 1.28 bits per heavy atom. The van der Waals surface area contributed by atoms with Crippen LogP contribution in [0, 0.1) is 6.92 Å². The van der Waals surface area contributed by atoms with Crippen molar-refractivity contribution in [1.82, 2.24) is 35.8 Å². The summed E-state index contributed by atoms with van der Waals surface area (Å²) in [7, 11) is 0.983. The molecular formula is C21H21F6N7O4S. The number of methoxy groups -OCH3 is 1. The largest absolute Gasteiger partial charge is 0.410 e. The molecule has 0 aliphatic carbocycles. The number of nitrogens with zero attached hydrogens (tertiary/aromatic N) is 4. The van der Waals surface area contributed by atoms with Gasteiger partial charge in [-0.2, -0.15) is 26.3 Å². The maximum Gasteiger partial charge on any atom is 0.410 e. The molecule has 1 aliphatic heterocycles. The summed E-state index contributed by atoms with van der Waals surface area (Å²) in [6.07, 6.45) is -11.0. The molecule has 212 valence electrons. The highest BCUT2D eigenvalue weighted by Crippen LogP contribution is 2.41. The van der Waals surface area contributed by atoms with Crippen molar-refractivity contribution >= 4 is 35.6 Å². The number of hydrogen-bond donors (Lipinski definition) is 4. The number of amides is 3. The van der Waals surface area contributed by atoms with Crippen LogP contribution in [0.25, 0.3) is 11.0 Å². The van der Waals surface area contributed by atoms with Crippen molar-refractivity contribution in [2.45, 2.75) is 49.3 Å². The minimum Gasteiger partial charge on any atom is -0.365 e. The highest BCUT2D eigenvalue weighted by atomic mass is 32.1. The third-order valence-electron chi connectivity index (χ3n) is 6.00. The lowest BCUT2D eigenvalue weighted by atomic mass is 10.0. The van der Waals surface area contributed by atoms with E-state index >= 15 is 0 Å². The van der Waals surface area contributed by atoms with Crippen LogP contribution in [-0.4, -0.2) is 74.1 Å². The molecule has 4 rings (SSSR count). The Morgan fingerprint density at radius 3 is 2.56 bits per heavy atom. The van der Waals surface area contributed by atoms with E-state index in [-0.39, 0.29) is 34.8 Å². The van der Waals surface area contributed by atoms with E-state index in [1.165, 1.54) is 25.1 Å². The van der Waals surface area contributed by atoms with E-state index in [2.05, 4.69) is 42.9 Å². The fraction of sp³-hybridized carbons (Fsp3) is 0.476. The monoisotopic (exact) mass is 581 g/mol. The summed E-state index contributed by atoms with van der Waals surface area (Å²) in [5, 5.41) is 11.2. The number of hydrogen-bond acceptors (Lipinski definition) is 8. The zero-order valence-electron chi connectivity index (χ0n) is 20.1. The molecule has 11 nitrogen and oxygen atoms in total. The number of aryl methyl sites for hydroxylation is 1. The second kappa shape index (κ2) is 10.2. The van der Waals surface area contributed by atoms with Gasteiger partial charge in [0.2, 0.25) is 0 Å². The molecule has 1 aliphatic rings. The van der Waals surface area contributed by atoms with Crippen LogP contribution in [-0.2, 0) is 11.3 Å². The molecule has 1 aromatic carbocycles.